The van der Waals surface area contributed by atoms with Crippen LogP contribution in [0.4, 0.5) is 0 Å². The Kier molecular flexibility index (Phi) is 8.74. The van der Waals surface area contributed by atoms with Crippen LogP contribution >= 0.6 is 39.7 Å². The largest absolute Gasteiger partial charge is 0.495 e. The molecule has 0 spiro atoms. The van der Waals surface area contributed by atoms with Crippen molar-refractivity contribution in [2.45, 2.75) is 26.3 Å². The molecule has 0 fully saturated rings. The molecule has 20 heavy (non-hydrogen) atoms. The molecule has 0 aliphatic rings. The average Bonchev–Trinajstić information content (AvgIpc) is 2.75. The van der Waals surface area contributed by atoms with Gasteiger partial charge in [-0.3, -0.25) is 4.79 Å². The first-order chi connectivity index (χ1) is 8.86. The lowest BCUT2D eigenvalue weighted by atomic mass is 10.0. The number of carbonyl (C=O) groups is 1. The molecule has 1 rings (SSSR count). The van der Waals surface area contributed by atoms with Crippen LogP contribution in [0.25, 0.3) is 0 Å². The van der Waals surface area contributed by atoms with Gasteiger partial charge >= 0.3 is 0 Å². The Morgan fingerprint density at radius 2 is 2.15 bits per heavy atom. The zero-order chi connectivity index (χ0) is 14.6. The van der Waals surface area contributed by atoms with Gasteiger partial charge in [-0.1, -0.05) is 13.8 Å². The zero-order valence-electron chi connectivity index (χ0n) is 12.2. The van der Waals surface area contributed by atoms with Crippen molar-refractivity contribution in [1.82, 2.24) is 4.90 Å². The molecule has 2 N–H and O–H groups in total. The lowest BCUT2D eigenvalue weighted by molar-refractivity contribution is 0.0793. The summed E-state index contributed by atoms with van der Waals surface area (Å²) in [6, 6.07) is 1.88. The molecule has 1 unspecified atom stereocenters. The van der Waals surface area contributed by atoms with E-state index in [-0.39, 0.29) is 24.4 Å². The summed E-state index contributed by atoms with van der Waals surface area (Å²) < 4.78 is 6.00. The van der Waals surface area contributed by atoms with Crippen LogP contribution in [-0.4, -0.2) is 37.6 Å². The summed E-state index contributed by atoms with van der Waals surface area (Å²) in [5, 5.41) is 0. The van der Waals surface area contributed by atoms with Crippen LogP contribution in [0.5, 0.6) is 5.75 Å². The zero-order valence-corrected chi connectivity index (χ0v) is 15.4. The molecule has 116 valence electrons. The van der Waals surface area contributed by atoms with Crippen molar-refractivity contribution in [3.8, 4) is 5.75 Å². The molecule has 0 saturated carbocycles. The van der Waals surface area contributed by atoms with E-state index in [1.807, 2.05) is 0 Å². The number of ether oxygens (including phenoxy) is 1. The van der Waals surface area contributed by atoms with Crippen LogP contribution in [-0.2, 0) is 0 Å². The number of nitrogens with zero attached hydrogens (tertiary/aromatic N) is 1. The van der Waals surface area contributed by atoms with Gasteiger partial charge in [-0.2, -0.15) is 0 Å². The van der Waals surface area contributed by atoms with Gasteiger partial charge in [-0.05, 0) is 28.3 Å². The van der Waals surface area contributed by atoms with Gasteiger partial charge in [0.05, 0.1) is 12.0 Å². The fraction of sp³-hybridized carbons (Fsp3) is 0.615. The summed E-state index contributed by atoms with van der Waals surface area (Å²) >= 11 is 4.76. The van der Waals surface area contributed by atoms with E-state index in [1.165, 1.54) is 11.3 Å². The number of hydrogen-bond acceptors (Lipinski definition) is 4. The Labute approximate surface area is 139 Å². The SMILES string of the molecule is COc1cc(C(=O)N(C)CCC(N)C(C)C)sc1Br.Cl. The highest BCUT2D eigenvalue weighted by Crippen LogP contribution is 2.34. The third-order valence-electron chi connectivity index (χ3n) is 3.09. The highest BCUT2D eigenvalue weighted by molar-refractivity contribution is 9.11. The average molecular weight is 386 g/mol. The fourth-order valence-electron chi connectivity index (χ4n) is 1.56. The monoisotopic (exact) mass is 384 g/mol. The molecule has 4 nitrogen and oxygen atoms in total. The minimum atomic E-state index is 0. The second-order valence-electron chi connectivity index (χ2n) is 4.88. The summed E-state index contributed by atoms with van der Waals surface area (Å²) in [6.45, 7) is 4.84. The molecule has 0 radical (unpaired) electrons. The normalized spacial score (nSPS) is 11.9. The van der Waals surface area contributed by atoms with E-state index in [0.717, 1.165) is 10.2 Å². The molecular weight excluding hydrogens is 364 g/mol. The van der Waals surface area contributed by atoms with Crippen molar-refractivity contribution in [3.63, 3.8) is 0 Å². The predicted molar refractivity (Wildman–Crippen MR) is 90.2 cm³/mol. The van der Waals surface area contributed by atoms with E-state index in [1.54, 1.807) is 25.1 Å². The highest BCUT2D eigenvalue weighted by Gasteiger charge is 2.18. The Hall–Kier alpha value is -0.300. The van der Waals surface area contributed by atoms with Crippen LogP contribution < -0.4 is 10.5 Å². The molecule has 0 aliphatic carbocycles. The number of thiophene rings is 1. The molecule has 0 bridgehead atoms. The maximum absolute atomic E-state index is 12.2. The smallest absolute Gasteiger partial charge is 0.263 e. The van der Waals surface area contributed by atoms with E-state index in [2.05, 4.69) is 29.8 Å². The summed E-state index contributed by atoms with van der Waals surface area (Å²) in [5.41, 5.74) is 5.99. The van der Waals surface area contributed by atoms with Crippen molar-refractivity contribution >= 4 is 45.6 Å². The molecule has 7 heteroatoms. The molecule has 1 atom stereocenters. The van der Waals surface area contributed by atoms with Crippen LogP contribution in [0.2, 0.25) is 0 Å². The number of nitrogens with two attached hydrogens (primary N) is 1. The first-order valence-corrected chi connectivity index (χ1v) is 7.82. The van der Waals surface area contributed by atoms with Crippen molar-refractivity contribution in [2.24, 2.45) is 11.7 Å². The van der Waals surface area contributed by atoms with Gasteiger partial charge in [-0.25, -0.2) is 0 Å². The Bertz CT molecular complexity index is 440. The minimum absolute atomic E-state index is 0. The highest BCUT2D eigenvalue weighted by atomic mass is 79.9. The van der Waals surface area contributed by atoms with Crippen molar-refractivity contribution in [3.05, 3.63) is 14.7 Å². The fourth-order valence-corrected chi connectivity index (χ4v) is 3.21. The van der Waals surface area contributed by atoms with Crippen molar-refractivity contribution in [1.29, 1.82) is 0 Å². The van der Waals surface area contributed by atoms with E-state index < -0.39 is 0 Å². The van der Waals surface area contributed by atoms with Gasteiger partial charge < -0.3 is 15.4 Å². The molecule has 0 aliphatic heterocycles. The first kappa shape index (κ1) is 19.7. The molecule has 1 heterocycles. The number of rotatable bonds is 6. The number of methoxy groups -OCH3 is 1. The van der Waals surface area contributed by atoms with E-state index >= 15 is 0 Å². The lowest BCUT2D eigenvalue weighted by Crippen LogP contribution is -2.34. The molecule has 1 aromatic rings. The summed E-state index contributed by atoms with van der Waals surface area (Å²) in [7, 11) is 3.39. The van der Waals surface area contributed by atoms with Gasteiger partial charge in [-0.15, -0.1) is 23.7 Å². The van der Waals surface area contributed by atoms with E-state index in [9.17, 15) is 4.79 Å². The Morgan fingerprint density at radius 1 is 1.55 bits per heavy atom. The quantitative estimate of drug-likeness (QED) is 0.816. The Balaban J connectivity index is 0.00000361. The van der Waals surface area contributed by atoms with Crippen LogP contribution in [0, 0.1) is 5.92 Å². The van der Waals surface area contributed by atoms with Gasteiger partial charge in [0, 0.05) is 25.7 Å². The standard InChI is InChI=1S/C13H21BrN2O2S.ClH/c1-8(2)9(15)5-6-16(3)13(17)11-7-10(18-4)12(14)19-11;/h7-9H,5-6,15H2,1-4H3;1H. The second-order valence-corrected chi connectivity index (χ2v) is 7.25. The maximum atomic E-state index is 12.2. The first-order valence-electron chi connectivity index (χ1n) is 6.21. The summed E-state index contributed by atoms with van der Waals surface area (Å²) in [4.78, 5) is 14.6. The van der Waals surface area contributed by atoms with Crippen LogP contribution in [0.3, 0.4) is 0 Å². The molecule has 1 amide bonds. The molecule has 1 aromatic heterocycles. The third kappa shape index (κ3) is 5.24. The van der Waals surface area contributed by atoms with E-state index in [4.69, 9.17) is 10.5 Å². The molecular formula is C13H22BrClN2O2S. The summed E-state index contributed by atoms with van der Waals surface area (Å²) in [6.07, 6.45) is 0.809. The Morgan fingerprint density at radius 3 is 2.60 bits per heavy atom. The number of hydrogen-bond donors (Lipinski definition) is 1. The molecule has 0 saturated heterocycles. The number of halogens is 2. The summed E-state index contributed by atoms with van der Waals surface area (Å²) in [5.74, 6) is 1.13. The van der Waals surface area contributed by atoms with Gasteiger partial charge in [0.2, 0.25) is 0 Å². The second kappa shape index (κ2) is 8.87. The molecule has 0 aromatic carbocycles. The number of carbonyl (C=O) groups excluding carboxylic acids is 1. The van der Waals surface area contributed by atoms with Crippen molar-refractivity contribution < 1.29 is 9.53 Å². The predicted octanol–water partition coefficient (Wildman–Crippen LogP) is 3.39. The topological polar surface area (TPSA) is 55.6 Å². The van der Waals surface area contributed by atoms with Crippen molar-refractivity contribution in [2.75, 3.05) is 20.7 Å². The maximum Gasteiger partial charge on any atom is 0.263 e. The van der Waals surface area contributed by atoms with Crippen LogP contribution in [0.1, 0.15) is 29.9 Å². The number of amides is 1. The van der Waals surface area contributed by atoms with Crippen LogP contribution in [0.15, 0.2) is 9.85 Å². The van der Waals surface area contributed by atoms with E-state index in [0.29, 0.717) is 23.1 Å². The minimum Gasteiger partial charge on any atom is -0.495 e. The van der Waals surface area contributed by atoms with Gasteiger partial charge in [0.1, 0.15) is 9.54 Å². The van der Waals surface area contributed by atoms with Gasteiger partial charge in [0.25, 0.3) is 5.91 Å². The van der Waals surface area contributed by atoms with Gasteiger partial charge in [0.15, 0.2) is 0 Å². The third-order valence-corrected chi connectivity index (χ3v) is 4.86. The lowest BCUT2D eigenvalue weighted by Gasteiger charge is -2.21.